The first-order valence-corrected chi connectivity index (χ1v) is 23.4. The van der Waals surface area contributed by atoms with Gasteiger partial charge in [0.05, 0.1) is 56.5 Å². The number of furan rings is 1. The SMILES string of the molecule is [C-]#[N+]c1c(-c2ccccc2)c(C#N)c(-n2c3c(ccc4c5ccccc5oc43)c3ccc4c5ccccc5sc4c32)c(-c2ccccc2)c1-n1c2cccc3c4ccccc4c4cncc1c4c32. The van der Waals surface area contributed by atoms with Gasteiger partial charge in [-0.15, -0.1) is 11.3 Å². The lowest BCUT2D eigenvalue weighted by atomic mass is 9.88. The summed E-state index contributed by atoms with van der Waals surface area (Å²) in [7, 11) is 0. The van der Waals surface area contributed by atoms with E-state index < -0.39 is 0 Å². The van der Waals surface area contributed by atoms with Crippen LogP contribution in [0.15, 0.2) is 193 Å². The Labute approximate surface area is 391 Å². The van der Waals surface area contributed by atoms with E-state index in [-0.39, 0.29) is 0 Å². The predicted molar refractivity (Wildman–Crippen MR) is 281 cm³/mol. The van der Waals surface area contributed by atoms with Gasteiger partial charge in [0.1, 0.15) is 11.7 Å². The van der Waals surface area contributed by atoms with Crippen molar-refractivity contribution in [2.45, 2.75) is 0 Å². The minimum atomic E-state index is 0.378. The zero-order chi connectivity index (χ0) is 44.8. The van der Waals surface area contributed by atoms with Crippen molar-refractivity contribution in [1.29, 1.82) is 5.26 Å². The lowest BCUT2D eigenvalue weighted by Crippen LogP contribution is -2.09. The van der Waals surface area contributed by atoms with E-state index in [1.165, 1.54) is 10.1 Å². The molecule has 0 fully saturated rings. The number of benzene rings is 10. The van der Waals surface area contributed by atoms with Crippen LogP contribution in [-0.4, -0.2) is 14.1 Å². The number of para-hydroxylation sites is 1. The Hall–Kier alpha value is -9.27. The molecule has 15 rings (SSSR count). The largest absolute Gasteiger partial charge is 0.454 e. The van der Waals surface area contributed by atoms with Gasteiger partial charge in [-0.2, -0.15) is 5.26 Å². The van der Waals surface area contributed by atoms with Gasteiger partial charge in [0, 0.05) is 70.5 Å². The highest BCUT2D eigenvalue weighted by molar-refractivity contribution is 7.26. The molecule has 0 amide bonds. The molecule has 0 saturated heterocycles. The summed E-state index contributed by atoms with van der Waals surface area (Å²) in [5.74, 6) is 0. The number of hydrogen-bond donors (Lipinski definition) is 0. The normalized spacial score (nSPS) is 12.1. The number of fused-ring (bicyclic) bond motifs is 14. The molecule has 0 radical (unpaired) electrons. The van der Waals surface area contributed by atoms with Gasteiger partial charge >= 0.3 is 0 Å². The highest BCUT2D eigenvalue weighted by Gasteiger charge is 2.34. The van der Waals surface area contributed by atoms with Gasteiger partial charge in [-0.3, -0.25) is 4.98 Å². The molecule has 0 bridgehead atoms. The van der Waals surface area contributed by atoms with Crippen molar-refractivity contribution in [3.8, 4) is 39.7 Å². The summed E-state index contributed by atoms with van der Waals surface area (Å²) in [5, 5.41) is 25.1. The van der Waals surface area contributed by atoms with Crippen LogP contribution in [0.2, 0.25) is 0 Å². The summed E-state index contributed by atoms with van der Waals surface area (Å²) in [6.45, 7) is 9.34. The Kier molecular flexibility index (Phi) is 7.42. The molecule has 0 unspecified atom stereocenters. The summed E-state index contributed by atoms with van der Waals surface area (Å²) < 4.78 is 13.9. The fourth-order valence-electron chi connectivity index (χ4n) is 11.5. The Balaban J connectivity index is 1.26. The molecule has 0 aliphatic carbocycles. The third kappa shape index (κ3) is 4.69. The first-order chi connectivity index (χ1) is 33.7. The first kappa shape index (κ1) is 37.0. The fraction of sp³-hybridized carbons (Fsp3) is 0. The molecule has 7 heteroatoms. The second-order valence-electron chi connectivity index (χ2n) is 17.5. The third-order valence-corrected chi connectivity index (χ3v) is 15.4. The molecule has 5 heterocycles. The van der Waals surface area contributed by atoms with Crippen molar-refractivity contribution < 1.29 is 4.42 Å². The molecule has 15 aromatic rings. The highest BCUT2D eigenvalue weighted by Crippen LogP contribution is 2.55. The predicted octanol–water partition coefficient (Wildman–Crippen LogP) is 17.0. The molecule has 0 N–H and O–H groups in total. The molecule has 0 aliphatic heterocycles. The molecule has 0 atom stereocenters. The summed E-state index contributed by atoms with van der Waals surface area (Å²) in [4.78, 5) is 9.51. The van der Waals surface area contributed by atoms with Crippen LogP contribution in [-0.2, 0) is 0 Å². The van der Waals surface area contributed by atoms with Crippen LogP contribution in [0.4, 0.5) is 5.69 Å². The first-order valence-electron chi connectivity index (χ1n) is 22.5. The number of thiophene rings is 1. The van der Waals surface area contributed by atoms with Crippen molar-refractivity contribution in [2.75, 3.05) is 0 Å². The van der Waals surface area contributed by atoms with E-state index in [2.05, 4.69) is 129 Å². The van der Waals surface area contributed by atoms with Gasteiger partial charge in [0.15, 0.2) is 5.58 Å². The molecule has 6 nitrogen and oxygen atoms in total. The maximum atomic E-state index is 12.1. The molecule has 0 spiro atoms. The number of hydrogen-bond acceptors (Lipinski definition) is 4. The van der Waals surface area contributed by atoms with Crippen LogP contribution in [0.3, 0.4) is 0 Å². The Bertz CT molecular complexity index is 4540. The molecular weight excluding hydrogens is 851 g/mol. The number of aromatic nitrogens is 3. The standard InChI is InChI=1S/C61H31N5OS/c1-63-55-51(34-15-4-2-5-16-34)45(31-62)56(52(35-17-6-3-7-18-35)59(55)65-47-24-14-23-40-36-19-8-9-20-37(36)46-32-64-33-48(65)54(46)53(40)47)66-57-41(27-29-43-38-21-10-12-25-49(38)67-60(43)57)42-28-30-44-39-22-11-13-26-50(39)68-61(44)58(42)66/h2-30,32-33H. The van der Waals surface area contributed by atoms with Gasteiger partial charge in [-0.1, -0.05) is 152 Å². The van der Waals surface area contributed by atoms with Crippen LogP contribution in [0, 0.1) is 17.9 Å². The zero-order valence-corrected chi connectivity index (χ0v) is 36.8. The van der Waals surface area contributed by atoms with E-state index in [1.807, 2.05) is 79.1 Å². The minimum absolute atomic E-state index is 0.378. The van der Waals surface area contributed by atoms with Crippen LogP contribution < -0.4 is 0 Å². The number of rotatable bonds is 4. The van der Waals surface area contributed by atoms with Gasteiger partial charge in [0.25, 0.3) is 0 Å². The summed E-state index contributed by atoms with van der Waals surface area (Å²) in [6.07, 6.45) is 3.92. The molecule has 10 aromatic carbocycles. The number of pyridine rings is 1. The van der Waals surface area contributed by atoms with E-state index in [0.29, 0.717) is 28.2 Å². The fourth-order valence-corrected chi connectivity index (χ4v) is 12.8. The second kappa shape index (κ2) is 13.6. The van der Waals surface area contributed by atoms with Crippen molar-refractivity contribution in [3.63, 3.8) is 0 Å². The van der Waals surface area contributed by atoms with E-state index in [4.69, 9.17) is 9.40 Å². The average molecular weight is 882 g/mol. The lowest BCUT2D eigenvalue weighted by molar-refractivity contribution is 0.671. The topological polar surface area (TPSA) is 64.0 Å². The molecule has 5 aromatic heterocycles. The van der Waals surface area contributed by atoms with Crippen LogP contribution in [0.1, 0.15) is 5.56 Å². The third-order valence-electron chi connectivity index (χ3n) is 14.2. The summed E-state index contributed by atoms with van der Waals surface area (Å²) >= 11 is 1.76. The van der Waals surface area contributed by atoms with Gasteiger partial charge in [-0.05, 0) is 51.6 Å². The average Bonchev–Trinajstić information content (AvgIpc) is 4.16. The Morgan fingerprint density at radius 2 is 1.12 bits per heavy atom. The Morgan fingerprint density at radius 1 is 0.500 bits per heavy atom. The van der Waals surface area contributed by atoms with E-state index in [1.54, 1.807) is 11.3 Å². The van der Waals surface area contributed by atoms with E-state index in [9.17, 15) is 11.8 Å². The van der Waals surface area contributed by atoms with Gasteiger partial charge in [0.2, 0.25) is 5.69 Å². The minimum Gasteiger partial charge on any atom is -0.454 e. The van der Waals surface area contributed by atoms with Gasteiger partial charge in [-0.25, -0.2) is 4.85 Å². The maximum Gasteiger partial charge on any atom is 0.220 e. The molecule has 68 heavy (non-hydrogen) atoms. The second-order valence-corrected chi connectivity index (χ2v) is 18.5. The molecule has 0 aliphatic rings. The van der Waals surface area contributed by atoms with Crippen molar-refractivity contribution in [1.82, 2.24) is 14.1 Å². The lowest BCUT2D eigenvalue weighted by Gasteiger charge is -2.25. The van der Waals surface area contributed by atoms with Crippen LogP contribution in [0.25, 0.3) is 146 Å². The number of nitriles is 1. The zero-order valence-electron chi connectivity index (χ0n) is 36.0. The molecular formula is C61H31N5OS. The van der Waals surface area contributed by atoms with Crippen molar-refractivity contribution in [3.05, 3.63) is 205 Å². The maximum absolute atomic E-state index is 12.1. The van der Waals surface area contributed by atoms with Crippen LogP contribution in [0.5, 0.6) is 0 Å². The van der Waals surface area contributed by atoms with Crippen molar-refractivity contribution >= 4 is 124 Å². The van der Waals surface area contributed by atoms with E-state index in [0.717, 1.165) is 114 Å². The monoisotopic (exact) mass is 881 g/mol. The Morgan fingerprint density at radius 3 is 1.88 bits per heavy atom. The quantitative estimate of drug-likeness (QED) is 0.131. The highest BCUT2D eigenvalue weighted by atomic mass is 32.1. The molecule has 312 valence electrons. The number of nitrogens with zero attached hydrogens (tertiary/aromatic N) is 5. The molecule has 0 saturated carbocycles. The summed E-state index contributed by atoms with van der Waals surface area (Å²) in [5.41, 5.74) is 10.3. The van der Waals surface area contributed by atoms with Gasteiger partial charge < -0.3 is 13.6 Å². The van der Waals surface area contributed by atoms with E-state index >= 15 is 0 Å². The smallest absolute Gasteiger partial charge is 0.220 e. The summed E-state index contributed by atoms with van der Waals surface area (Å²) in [6, 6.07) is 63.7. The van der Waals surface area contributed by atoms with Crippen molar-refractivity contribution in [2.24, 2.45) is 0 Å². The van der Waals surface area contributed by atoms with Crippen LogP contribution >= 0.6 is 11.3 Å².